The van der Waals surface area contributed by atoms with Gasteiger partial charge in [0.15, 0.2) is 11.5 Å². The van der Waals surface area contributed by atoms with E-state index in [0.29, 0.717) is 24.5 Å². The van der Waals surface area contributed by atoms with E-state index in [1.807, 2.05) is 36.4 Å². The summed E-state index contributed by atoms with van der Waals surface area (Å²) in [5.41, 5.74) is 3.91. The molecule has 1 aliphatic heterocycles. The van der Waals surface area contributed by atoms with E-state index in [0.717, 1.165) is 27.7 Å². The molecule has 5 nitrogen and oxygen atoms in total. The lowest BCUT2D eigenvalue weighted by molar-refractivity contribution is 0.0685. The molecule has 0 bridgehead atoms. The second kappa shape index (κ2) is 8.04. The van der Waals surface area contributed by atoms with Crippen LogP contribution in [-0.2, 0) is 6.42 Å². The van der Waals surface area contributed by atoms with Gasteiger partial charge in [-0.2, -0.15) is 0 Å². The van der Waals surface area contributed by atoms with Crippen LogP contribution in [0.15, 0.2) is 66.7 Å². The van der Waals surface area contributed by atoms with E-state index in [9.17, 15) is 9.18 Å². The Morgan fingerprint density at radius 3 is 2.56 bits per heavy atom. The number of nitrogens with one attached hydrogen (secondary N) is 1. The molecule has 1 amide bonds. The summed E-state index contributed by atoms with van der Waals surface area (Å²) in [6.45, 7) is 0.451. The van der Waals surface area contributed by atoms with Crippen molar-refractivity contribution in [2.75, 3.05) is 20.8 Å². The van der Waals surface area contributed by atoms with Crippen LogP contribution in [0.5, 0.6) is 11.5 Å². The lowest BCUT2D eigenvalue weighted by Gasteiger charge is -2.37. The number of carbonyl (C=O) groups excluding carboxylic acids is 1. The quantitative estimate of drug-likeness (QED) is 0.489. The number of nitrogens with zero attached hydrogens (tertiary/aromatic N) is 1. The lowest BCUT2D eigenvalue weighted by atomic mass is 9.91. The standard InChI is InChI=1S/C26H23FN2O3/c1-31-22-13-7-10-19(25(22)32-2)24-23-17(16-8-4-6-12-21(16)28-23)14-15-29(24)26(30)18-9-3-5-11-20(18)27/h3-13,24,28H,14-15H2,1-2H3/t24-/m1/s1. The largest absolute Gasteiger partial charge is 0.493 e. The highest BCUT2D eigenvalue weighted by Crippen LogP contribution is 2.44. The molecule has 4 aromatic rings. The molecule has 1 aromatic heterocycles. The van der Waals surface area contributed by atoms with Gasteiger partial charge in [0.2, 0.25) is 0 Å². The second-order valence-corrected chi connectivity index (χ2v) is 7.78. The van der Waals surface area contributed by atoms with E-state index in [1.165, 1.54) is 12.1 Å². The van der Waals surface area contributed by atoms with Gasteiger partial charge in [0.05, 0.1) is 19.8 Å². The monoisotopic (exact) mass is 430 g/mol. The zero-order valence-electron chi connectivity index (χ0n) is 17.9. The van der Waals surface area contributed by atoms with Crippen molar-refractivity contribution in [3.8, 4) is 11.5 Å². The zero-order chi connectivity index (χ0) is 22.2. The highest BCUT2D eigenvalue weighted by Gasteiger charge is 2.37. The highest BCUT2D eigenvalue weighted by molar-refractivity contribution is 5.96. The summed E-state index contributed by atoms with van der Waals surface area (Å²) in [5, 5.41) is 1.13. The molecule has 0 fully saturated rings. The van der Waals surface area contributed by atoms with Crippen LogP contribution in [-0.4, -0.2) is 36.6 Å². The molecule has 3 aromatic carbocycles. The molecule has 1 aliphatic rings. The molecular formula is C26H23FN2O3. The van der Waals surface area contributed by atoms with E-state index in [1.54, 1.807) is 31.3 Å². The van der Waals surface area contributed by atoms with Crippen LogP contribution in [0.4, 0.5) is 4.39 Å². The number of carbonyl (C=O) groups is 1. The predicted octanol–water partition coefficient (Wildman–Crippen LogP) is 5.11. The summed E-state index contributed by atoms with van der Waals surface area (Å²) in [4.78, 5) is 18.8. The number of aromatic nitrogens is 1. The summed E-state index contributed by atoms with van der Waals surface area (Å²) in [7, 11) is 3.17. The van der Waals surface area contributed by atoms with Crippen LogP contribution in [0.3, 0.4) is 0 Å². The van der Waals surface area contributed by atoms with Gasteiger partial charge in [-0.1, -0.05) is 42.5 Å². The molecule has 0 spiro atoms. The Balaban J connectivity index is 1.73. The minimum atomic E-state index is -0.531. The van der Waals surface area contributed by atoms with Crippen molar-refractivity contribution in [3.05, 3.63) is 94.9 Å². The van der Waals surface area contributed by atoms with E-state index in [2.05, 4.69) is 11.1 Å². The summed E-state index contributed by atoms with van der Waals surface area (Å²) >= 11 is 0. The Morgan fingerprint density at radius 1 is 1.00 bits per heavy atom. The Morgan fingerprint density at radius 2 is 1.78 bits per heavy atom. The lowest BCUT2D eigenvalue weighted by Crippen LogP contribution is -2.41. The summed E-state index contributed by atoms with van der Waals surface area (Å²) in [5.74, 6) is 0.239. The smallest absolute Gasteiger partial charge is 0.257 e. The number of hydrogen-bond acceptors (Lipinski definition) is 3. The van der Waals surface area contributed by atoms with E-state index < -0.39 is 11.9 Å². The number of hydrogen-bond donors (Lipinski definition) is 1. The number of aromatic amines is 1. The molecule has 1 atom stereocenters. The molecule has 0 unspecified atom stereocenters. The van der Waals surface area contributed by atoms with E-state index >= 15 is 0 Å². The summed E-state index contributed by atoms with van der Waals surface area (Å²) < 4.78 is 25.8. The van der Waals surface area contributed by atoms with Gasteiger partial charge in [-0.25, -0.2) is 4.39 Å². The number of methoxy groups -OCH3 is 2. The molecule has 5 rings (SSSR count). The fourth-order valence-electron chi connectivity index (χ4n) is 4.70. The molecule has 0 radical (unpaired) electrons. The number of para-hydroxylation sites is 2. The number of benzene rings is 3. The van der Waals surface area contributed by atoms with Crippen LogP contribution >= 0.6 is 0 Å². The third-order valence-corrected chi connectivity index (χ3v) is 6.13. The molecule has 2 heterocycles. The predicted molar refractivity (Wildman–Crippen MR) is 121 cm³/mol. The normalized spacial score (nSPS) is 15.5. The second-order valence-electron chi connectivity index (χ2n) is 7.78. The first-order valence-electron chi connectivity index (χ1n) is 10.5. The minimum absolute atomic E-state index is 0.0546. The Labute approximate surface area is 185 Å². The average molecular weight is 430 g/mol. The number of fused-ring (bicyclic) bond motifs is 3. The number of ether oxygens (including phenoxy) is 2. The third-order valence-electron chi connectivity index (χ3n) is 6.13. The third kappa shape index (κ3) is 3.11. The number of amides is 1. The number of rotatable bonds is 4. The Bertz CT molecular complexity index is 1310. The van der Waals surface area contributed by atoms with Gasteiger partial charge < -0.3 is 19.4 Å². The van der Waals surface area contributed by atoms with Crippen molar-refractivity contribution in [1.82, 2.24) is 9.88 Å². The molecule has 0 saturated carbocycles. The van der Waals surface area contributed by atoms with Crippen LogP contribution in [0.2, 0.25) is 0 Å². The van der Waals surface area contributed by atoms with Crippen LogP contribution in [0, 0.1) is 5.82 Å². The molecule has 32 heavy (non-hydrogen) atoms. The Hall–Kier alpha value is -3.80. The van der Waals surface area contributed by atoms with Gasteiger partial charge in [-0.15, -0.1) is 0 Å². The number of halogens is 1. The van der Waals surface area contributed by atoms with Gasteiger partial charge in [-0.3, -0.25) is 4.79 Å². The van der Waals surface area contributed by atoms with Crippen molar-refractivity contribution < 1.29 is 18.7 Å². The molecule has 1 N–H and O–H groups in total. The van der Waals surface area contributed by atoms with Crippen LogP contribution in [0.25, 0.3) is 10.9 Å². The number of H-pyrrole nitrogens is 1. The van der Waals surface area contributed by atoms with Gasteiger partial charge >= 0.3 is 0 Å². The maximum atomic E-state index is 14.6. The zero-order valence-corrected chi connectivity index (χ0v) is 17.9. The van der Waals surface area contributed by atoms with Crippen molar-refractivity contribution in [1.29, 1.82) is 0 Å². The fraction of sp³-hybridized carbons (Fsp3) is 0.192. The van der Waals surface area contributed by atoms with Crippen molar-refractivity contribution in [2.45, 2.75) is 12.5 Å². The van der Waals surface area contributed by atoms with Crippen LogP contribution in [0.1, 0.15) is 33.2 Å². The molecule has 0 aliphatic carbocycles. The van der Waals surface area contributed by atoms with Crippen LogP contribution < -0.4 is 9.47 Å². The van der Waals surface area contributed by atoms with Crippen molar-refractivity contribution in [3.63, 3.8) is 0 Å². The first-order chi connectivity index (χ1) is 15.6. The van der Waals surface area contributed by atoms with Gasteiger partial charge in [0.1, 0.15) is 11.9 Å². The maximum Gasteiger partial charge on any atom is 0.257 e. The van der Waals surface area contributed by atoms with E-state index in [-0.39, 0.29) is 11.5 Å². The Kier molecular flexibility index (Phi) is 5.05. The molecule has 6 heteroatoms. The SMILES string of the molecule is COc1cccc([C@@H]2c3[nH]c4ccccc4c3CCN2C(=O)c2ccccc2F)c1OC. The van der Waals surface area contributed by atoms with Gasteiger partial charge in [-0.05, 0) is 36.2 Å². The first kappa shape index (κ1) is 20.1. The van der Waals surface area contributed by atoms with Crippen molar-refractivity contribution >= 4 is 16.8 Å². The van der Waals surface area contributed by atoms with Gasteiger partial charge in [0, 0.05) is 28.7 Å². The molecule has 162 valence electrons. The molecular weight excluding hydrogens is 407 g/mol. The van der Waals surface area contributed by atoms with Crippen molar-refractivity contribution in [2.24, 2.45) is 0 Å². The summed E-state index contributed by atoms with van der Waals surface area (Å²) in [6, 6.07) is 19.3. The minimum Gasteiger partial charge on any atom is -0.493 e. The maximum absolute atomic E-state index is 14.6. The fourth-order valence-corrected chi connectivity index (χ4v) is 4.70. The molecule has 0 saturated heterocycles. The highest BCUT2D eigenvalue weighted by atomic mass is 19.1. The van der Waals surface area contributed by atoms with E-state index in [4.69, 9.17) is 9.47 Å². The topological polar surface area (TPSA) is 54.6 Å². The first-order valence-corrected chi connectivity index (χ1v) is 10.5. The summed E-state index contributed by atoms with van der Waals surface area (Å²) in [6.07, 6.45) is 0.669. The van der Waals surface area contributed by atoms with Gasteiger partial charge in [0.25, 0.3) is 5.91 Å². The average Bonchev–Trinajstić information content (AvgIpc) is 3.21.